The van der Waals surface area contributed by atoms with Gasteiger partial charge in [0, 0.05) is 36.5 Å². The Bertz CT molecular complexity index is 1050. The van der Waals surface area contributed by atoms with Crippen LogP contribution in [-0.4, -0.2) is 65.8 Å². The molecule has 0 bridgehead atoms. The number of rotatable bonds is 3. The van der Waals surface area contributed by atoms with Crippen molar-refractivity contribution in [3.63, 3.8) is 0 Å². The minimum atomic E-state index is -0.391. The van der Waals surface area contributed by atoms with E-state index in [-0.39, 0.29) is 41.5 Å². The molecule has 0 aromatic carbocycles. The van der Waals surface area contributed by atoms with Gasteiger partial charge in [0.15, 0.2) is 5.78 Å². The van der Waals surface area contributed by atoms with Crippen molar-refractivity contribution >= 4 is 11.8 Å². The van der Waals surface area contributed by atoms with Crippen LogP contribution in [0.3, 0.4) is 0 Å². The van der Waals surface area contributed by atoms with E-state index >= 15 is 0 Å². The van der Waals surface area contributed by atoms with Gasteiger partial charge in [-0.05, 0) is 80.6 Å². The number of Topliss-reactive ketones (excluding diaryl/α,β-unsaturated/α-hetero) is 1. The van der Waals surface area contributed by atoms with Crippen molar-refractivity contribution in [2.75, 3.05) is 20.2 Å². The number of ether oxygens (including phenoxy) is 2. The van der Waals surface area contributed by atoms with E-state index in [9.17, 15) is 14.7 Å². The Morgan fingerprint density at radius 3 is 2.81 bits per heavy atom. The molecule has 0 aromatic heterocycles. The molecule has 0 radical (unpaired) electrons. The number of carbonyl (C=O) groups is 2. The van der Waals surface area contributed by atoms with Crippen molar-refractivity contribution in [2.24, 2.45) is 35.0 Å². The Balaban J connectivity index is 1.33. The van der Waals surface area contributed by atoms with Crippen LogP contribution in [-0.2, 0) is 19.1 Å². The van der Waals surface area contributed by atoms with Gasteiger partial charge >= 0.3 is 5.97 Å². The molecule has 1 spiro atoms. The molecule has 2 saturated carbocycles. The Morgan fingerprint density at radius 1 is 1.27 bits per heavy atom. The highest BCUT2D eigenvalue weighted by Crippen LogP contribution is 2.64. The predicted octanol–water partition coefficient (Wildman–Crippen LogP) is 4.46. The van der Waals surface area contributed by atoms with E-state index in [4.69, 9.17) is 9.47 Å². The minimum Gasteiger partial charge on any atom is -0.469 e. The van der Waals surface area contributed by atoms with Crippen LogP contribution >= 0.6 is 0 Å². The number of likely N-dealkylation sites (tertiary alicyclic amines) is 1. The number of piperidine rings is 1. The molecule has 2 heterocycles. The van der Waals surface area contributed by atoms with Gasteiger partial charge in [0.1, 0.15) is 0 Å². The molecule has 37 heavy (non-hydrogen) atoms. The Morgan fingerprint density at radius 2 is 2.05 bits per heavy atom. The van der Waals surface area contributed by atoms with Crippen LogP contribution in [0.5, 0.6) is 0 Å². The van der Waals surface area contributed by atoms with Crippen LogP contribution in [0.1, 0.15) is 79.1 Å². The summed E-state index contributed by atoms with van der Waals surface area (Å²) in [6.45, 7) is 10.8. The second-order valence-electron chi connectivity index (χ2n) is 13.5. The Kier molecular flexibility index (Phi) is 6.28. The number of aliphatic hydroxyl groups excluding tert-OH is 1. The van der Waals surface area contributed by atoms with Crippen molar-refractivity contribution in [3.8, 4) is 0 Å². The van der Waals surface area contributed by atoms with Gasteiger partial charge in [-0.2, -0.15) is 0 Å². The molecule has 4 fully saturated rings. The first-order valence-electron chi connectivity index (χ1n) is 14.7. The maximum absolute atomic E-state index is 14.3. The largest absolute Gasteiger partial charge is 0.469 e. The van der Waals surface area contributed by atoms with E-state index in [1.807, 2.05) is 0 Å². The van der Waals surface area contributed by atoms with Crippen LogP contribution in [0.15, 0.2) is 22.8 Å². The van der Waals surface area contributed by atoms with Crippen molar-refractivity contribution in [1.82, 2.24) is 4.90 Å². The Labute approximate surface area is 221 Å². The smallest absolute Gasteiger partial charge is 0.306 e. The molecule has 4 aliphatic carbocycles. The maximum Gasteiger partial charge on any atom is 0.306 e. The first-order valence-corrected chi connectivity index (χ1v) is 14.7. The highest BCUT2D eigenvalue weighted by Gasteiger charge is 2.64. The average molecular weight is 512 g/mol. The highest BCUT2D eigenvalue weighted by atomic mass is 16.5. The first-order chi connectivity index (χ1) is 17.6. The fourth-order valence-electron chi connectivity index (χ4n) is 9.90. The summed E-state index contributed by atoms with van der Waals surface area (Å²) in [7, 11) is 1.46. The lowest BCUT2D eigenvalue weighted by molar-refractivity contribution is -0.141. The maximum atomic E-state index is 14.3. The van der Waals surface area contributed by atoms with Crippen LogP contribution in [0, 0.1) is 35.0 Å². The fraction of sp³-hybridized carbons (Fsp3) is 0.806. The number of nitrogens with zero attached hydrogens (tertiary/aromatic N) is 1. The third kappa shape index (κ3) is 3.68. The molecule has 0 unspecified atom stereocenters. The number of fused-ring (bicyclic) bond motifs is 6. The molecule has 0 amide bonds. The molecule has 10 atom stereocenters. The van der Waals surface area contributed by atoms with E-state index in [2.05, 4.69) is 38.7 Å². The van der Waals surface area contributed by atoms with Crippen LogP contribution in [0.2, 0.25) is 0 Å². The summed E-state index contributed by atoms with van der Waals surface area (Å²) in [5, 5.41) is 10.3. The molecular formula is C31H45NO5. The van der Waals surface area contributed by atoms with Gasteiger partial charge in [0.2, 0.25) is 0 Å². The van der Waals surface area contributed by atoms with Crippen LogP contribution in [0.4, 0.5) is 0 Å². The summed E-state index contributed by atoms with van der Waals surface area (Å²) in [6.07, 6.45) is 9.05. The highest BCUT2D eigenvalue weighted by molar-refractivity contribution is 6.02. The quantitative estimate of drug-likeness (QED) is 0.446. The molecule has 1 N–H and O–H groups in total. The molecule has 6 aliphatic rings. The standard InChI is InChI=1S/C31H45NO5/c1-17-14-24-28(32(16-17)13-10-25(34)36-5)19(3)31(37-24)12-9-22-23-7-6-20-15-21(33)8-11-30(20,4)27(23)29(35)26(22)18(31)2/h6,17,19,21-24,27-28,33H,7-16H2,1-5H3/t17-,19+,21-,22+,23-,24+,27+,28-,30-,31-/m0/s1. The molecule has 0 aromatic rings. The minimum absolute atomic E-state index is 0.0423. The van der Waals surface area contributed by atoms with E-state index in [1.54, 1.807) is 0 Å². The second kappa shape index (κ2) is 9.02. The van der Waals surface area contributed by atoms with Crippen molar-refractivity contribution in [3.05, 3.63) is 22.8 Å². The number of ketones is 1. The number of aliphatic hydroxyl groups is 1. The topological polar surface area (TPSA) is 76.1 Å². The normalized spacial score (nSPS) is 47.3. The van der Waals surface area contributed by atoms with Gasteiger partial charge in [0.05, 0.1) is 31.3 Å². The number of methoxy groups -OCH3 is 1. The summed E-state index contributed by atoms with van der Waals surface area (Å²) in [5.74, 6) is 1.74. The van der Waals surface area contributed by atoms with E-state index in [1.165, 1.54) is 18.3 Å². The van der Waals surface area contributed by atoms with Gasteiger partial charge < -0.3 is 14.6 Å². The van der Waals surface area contributed by atoms with Gasteiger partial charge in [-0.1, -0.05) is 32.4 Å². The zero-order chi connectivity index (χ0) is 26.3. The lowest BCUT2D eigenvalue weighted by Gasteiger charge is -2.48. The molecular weight excluding hydrogens is 466 g/mol. The van der Waals surface area contributed by atoms with E-state index < -0.39 is 5.60 Å². The molecule has 6 heteroatoms. The Hall–Kier alpha value is -1.50. The molecule has 6 nitrogen and oxygen atoms in total. The van der Waals surface area contributed by atoms with E-state index in [0.717, 1.165) is 57.1 Å². The van der Waals surface area contributed by atoms with E-state index in [0.29, 0.717) is 36.5 Å². The summed E-state index contributed by atoms with van der Waals surface area (Å²) < 4.78 is 12.0. The number of allylic oxidation sites excluding steroid dienone is 2. The van der Waals surface area contributed by atoms with Gasteiger partial charge in [-0.3, -0.25) is 14.5 Å². The molecule has 2 aliphatic heterocycles. The lowest BCUT2D eigenvalue weighted by atomic mass is 9.56. The third-order valence-corrected chi connectivity index (χ3v) is 11.7. The number of hydrogen-bond donors (Lipinski definition) is 1. The van der Waals surface area contributed by atoms with Crippen molar-refractivity contribution in [1.29, 1.82) is 0 Å². The SMILES string of the molecule is COC(=O)CCN1C[C@@H](C)C[C@H]2O[C@]3(CC[C@H]4C(=C3C)C(=O)[C@H]3[C@H]4CC=C4C[C@@H](O)CC[C@@]43C)[C@H](C)[C@@H]21. The number of hydrogen-bond acceptors (Lipinski definition) is 6. The zero-order valence-electron chi connectivity index (χ0n) is 23.3. The fourth-order valence-corrected chi connectivity index (χ4v) is 9.90. The predicted molar refractivity (Wildman–Crippen MR) is 141 cm³/mol. The van der Waals surface area contributed by atoms with Gasteiger partial charge in [0.25, 0.3) is 0 Å². The summed E-state index contributed by atoms with van der Waals surface area (Å²) in [5.41, 5.74) is 3.10. The number of esters is 1. The first kappa shape index (κ1) is 25.8. The monoisotopic (exact) mass is 511 g/mol. The third-order valence-electron chi connectivity index (χ3n) is 11.7. The molecule has 6 rings (SSSR count). The van der Waals surface area contributed by atoms with Crippen molar-refractivity contribution in [2.45, 2.75) is 103 Å². The van der Waals surface area contributed by atoms with Gasteiger partial charge in [-0.15, -0.1) is 0 Å². The molecule has 204 valence electrons. The van der Waals surface area contributed by atoms with Crippen LogP contribution < -0.4 is 0 Å². The van der Waals surface area contributed by atoms with Crippen LogP contribution in [0.25, 0.3) is 0 Å². The molecule has 2 saturated heterocycles. The van der Waals surface area contributed by atoms with Gasteiger partial charge in [-0.25, -0.2) is 0 Å². The number of carbonyl (C=O) groups excluding carboxylic acids is 2. The second-order valence-corrected chi connectivity index (χ2v) is 13.5. The average Bonchev–Trinajstić information content (AvgIpc) is 3.32. The summed E-state index contributed by atoms with van der Waals surface area (Å²) >= 11 is 0. The lowest BCUT2D eigenvalue weighted by Crippen LogP contribution is -2.52. The summed E-state index contributed by atoms with van der Waals surface area (Å²) in [6, 6.07) is 0.261. The summed E-state index contributed by atoms with van der Waals surface area (Å²) in [4.78, 5) is 28.8. The zero-order valence-corrected chi connectivity index (χ0v) is 23.3. The van der Waals surface area contributed by atoms with Crippen molar-refractivity contribution < 1.29 is 24.2 Å².